The first-order valence-electron chi connectivity index (χ1n) is 4.55. The summed E-state index contributed by atoms with van der Waals surface area (Å²) in [6, 6.07) is 12.4. The van der Waals surface area contributed by atoms with Gasteiger partial charge in [-0.2, -0.15) is 0 Å². The van der Waals surface area contributed by atoms with Crippen molar-refractivity contribution in [3.63, 3.8) is 0 Å². The van der Waals surface area contributed by atoms with Crippen LogP contribution in [-0.4, -0.2) is 4.20 Å². The molecule has 0 atom stereocenters. The lowest BCUT2D eigenvalue weighted by Gasteiger charge is -2.01. The standard InChI is InChI=1S/C12H10S3/c1-8-7-10(15-11(8)12(13)14)9-5-3-2-4-6-9/h2-7H,1H3,(H,13,14)/p-1. The molecule has 0 amide bonds. The Labute approximate surface area is 104 Å². The molecule has 0 spiro atoms. The van der Waals surface area contributed by atoms with Crippen molar-refractivity contribution in [2.45, 2.75) is 6.92 Å². The summed E-state index contributed by atoms with van der Waals surface area (Å²) >= 11 is 11.8. The molecule has 0 aliphatic carbocycles. The summed E-state index contributed by atoms with van der Waals surface area (Å²) in [5.41, 5.74) is 2.40. The van der Waals surface area contributed by atoms with Crippen molar-refractivity contribution < 1.29 is 0 Å². The molecule has 0 unspecified atom stereocenters. The minimum atomic E-state index is 0.569. The average molecular weight is 249 g/mol. The Morgan fingerprint density at radius 1 is 1.27 bits per heavy atom. The van der Waals surface area contributed by atoms with E-state index >= 15 is 0 Å². The van der Waals surface area contributed by atoms with Crippen LogP contribution in [0.25, 0.3) is 10.4 Å². The van der Waals surface area contributed by atoms with Gasteiger partial charge in [-0.3, -0.25) is 0 Å². The zero-order valence-electron chi connectivity index (χ0n) is 8.19. The predicted molar refractivity (Wildman–Crippen MR) is 73.6 cm³/mol. The number of benzene rings is 1. The minimum absolute atomic E-state index is 0.569. The highest BCUT2D eigenvalue weighted by Crippen LogP contribution is 2.31. The third kappa shape index (κ3) is 2.25. The molecule has 76 valence electrons. The average Bonchev–Trinajstić information content (AvgIpc) is 2.62. The molecule has 0 bridgehead atoms. The molecule has 1 aromatic carbocycles. The molecule has 3 heteroatoms. The first-order valence-corrected chi connectivity index (χ1v) is 6.19. The van der Waals surface area contributed by atoms with Gasteiger partial charge >= 0.3 is 0 Å². The van der Waals surface area contributed by atoms with E-state index in [0.717, 1.165) is 4.88 Å². The fourth-order valence-corrected chi connectivity index (χ4v) is 3.01. The van der Waals surface area contributed by atoms with Gasteiger partial charge in [0, 0.05) is 9.75 Å². The highest BCUT2D eigenvalue weighted by molar-refractivity contribution is 8.01. The Bertz CT molecular complexity index is 483. The Morgan fingerprint density at radius 2 is 1.93 bits per heavy atom. The minimum Gasteiger partial charge on any atom is -0.427 e. The summed E-state index contributed by atoms with van der Waals surface area (Å²) < 4.78 is 0.569. The van der Waals surface area contributed by atoms with Gasteiger partial charge in [0.15, 0.2) is 0 Å². The van der Waals surface area contributed by atoms with Gasteiger partial charge in [-0.1, -0.05) is 30.3 Å². The third-order valence-electron chi connectivity index (χ3n) is 2.16. The van der Waals surface area contributed by atoms with Gasteiger partial charge in [0.05, 0.1) is 0 Å². The van der Waals surface area contributed by atoms with E-state index in [4.69, 9.17) is 24.8 Å². The molecular weight excluding hydrogens is 240 g/mol. The van der Waals surface area contributed by atoms with Gasteiger partial charge in [0.2, 0.25) is 0 Å². The van der Waals surface area contributed by atoms with Crippen LogP contribution in [0.2, 0.25) is 0 Å². The Hall–Kier alpha value is -0.770. The van der Waals surface area contributed by atoms with E-state index in [-0.39, 0.29) is 0 Å². The number of thiocarbonyl (C=S) groups is 1. The van der Waals surface area contributed by atoms with Gasteiger partial charge in [0.1, 0.15) is 0 Å². The molecule has 0 radical (unpaired) electrons. The van der Waals surface area contributed by atoms with Crippen molar-refractivity contribution in [2.75, 3.05) is 0 Å². The molecule has 0 saturated heterocycles. The molecule has 0 N–H and O–H groups in total. The molecule has 0 fully saturated rings. The highest BCUT2D eigenvalue weighted by Gasteiger charge is 2.05. The number of hydrogen-bond donors (Lipinski definition) is 0. The van der Waals surface area contributed by atoms with E-state index in [0.29, 0.717) is 4.20 Å². The quantitative estimate of drug-likeness (QED) is 0.584. The zero-order valence-corrected chi connectivity index (χ0v) is 10.6. The molecular formula is C12H9S3-. The summed E-state index contributed by atoms with van der Waals surface area (Å²) in [4.78, 5) is 2.29. The number of rotatable bonds is 2. The lowest BCUT2D eigenvalue weighted by molar-refractivity contribution is 1.54. The number of hydrogen-bond acceptors (Lipinski definition) is 3. The fraction of sp³-hybridized carbons (Fsp3) is 0.0833. The number of aryl methyl sites for hydroxylation is 1. The van der Waals surface area contributed by atoms with Crippen LogP contribution in [0.1, 0.15) is 10.4 Å². The summed E-state index contributed by atoms with van der Waals surface area (Å²) in [5.74, 6) is 0. The van der Waals surface area contributed by atoms with E-state index in [1.54, 1.807) is 11.3 Å². The first-order chi connectivity index (χ1) is 7.18. The van der Waals surface area contributed by atoms with Gasteiger partial charge in [-0.25, -0.2) is 0 Å². The largest absolute Gasteiger partial charge is 0.427 e. The Balaban J connectivity index is 2.48. The van der Waals surface area contributed by atoms with Crippen molar-refractivity contribution in [3.05, 3.63) is 46.8 Å². The summed E-state index contributed by atoms with van der Waals surface area (Å²) in [6.45, 7) is 2.05. The fourth-order valence-electron chi connectivity index (χ4n) is 1.43. The second-order valence-electron chi connectivity index (χ2n) is 3.28. The molecule has 2 rings (SSSR count). The topological polar surface area (TPSA) is 0 Å². The van der Waals surface area contributed by atoms with Crippen LogP contribution in [0.4, 0.5) is 0 Å². The molecule has 1 aromatic heterocycles. The highest BCUT2D eigenvalue weighted by atomic mass is 32.1. The smallest absolute Gasteiger partial charge is 0.0351 e. The molecule has 2 aromatic rings. The molecule has 15 heavy (non-hydrogen) atoms. The van der Waals surface area contributed by atoms with E-state index in [1.165, 1.54) is 16.0 Å². The monoisotopic (exact) mass is 249 g/mol. The van der Waals surface area contributed by atoms with Crippen LogP contribution in [0, 0.1) is 6.92 Å². The van der Waals surface area contributed by atoms with Crippen molar-refractivity contribution in [2.24, 2.45) is 0 Å². The van der Waals surface area contributed by atoms with Crippen LogP contribution >= 0.6 is 23.6 Å². The Kier molecular flexibility index (Phi) is 3.14. The molecule has 0 nitrogen and oxygen atoms in total. The molecule has 0 aliphatic heterocycles. The summed E-state index contributed by atoms with van der Waals surface area (Å²) in [5, 5.41) is 0. The van der Waals surface area contributed by atoms with E-state index in [9.17, 15) is 0 Å². The van der Waals surface area contributed by atoms with Crippen LogP contribution in [-0.2, 0) is 12.6 Å². The van der Waals surface area contributed by atoms with Gasteiger partial charge in [0.25, 0.3) is 0 Å². The number of thiophene rings is 1. The SMILES string of the molecule is Cc1cc(-c2ccccc2)sc1C(=S)[S-]. The van der Waals surface area contributed by atoms with Crippen molar-refractivity contribution >= 4 is 40.4 Å². The lowest BCUT2D eigenvalue weighted by atomic mass is 10.1. The first kappa shape index (κ1) is 10.7. The maximum atomic E-state index is 5.04. The molecule has 1 heterocycles. The second-order valence-corrected chi connectivity index (χ2v) is 5.40. The van der Waals surface area contributed by atoms with Crippen LogP contribution in [0.15, 0.2) is 36.4 Å². The van der Waals surface area contributed by atoms with E-state index in [1.807, 2.05) is 18.2 Å². The van der Waals surface area contributed by atoms with Crippen molar-refractivity contribution in [1.82, 2.24) is 0 Å². The van der Waals surface area contributed by atoms with Crippen molar-refractivity contribution in [1.29, 1.82) is 0 Å². The Morgan fingerprint density at radius 3 is 2.47 bits per heavy atom. The van der Waals surface area contributed by atoms with E-state index in [2.05, 4.69) is 25.1 Å². The predicted octanol–water partition coefficient (Wildman–Crippen LogP) is 3.95. The van der Waals surface area contributed by atoms with Gasteiger partial charge in [-0.15, -0.1) is 15.5 Å². The van der Waals surface area contributed by atoms with Crippen molar-refractivity contribution in [3.8, 4) is 10.4 Å². The third-order valence-corrected chi connectivity index (χ3v) is 4.13. The lowest BCUT2D eigenvalue weighted by Crippen LogP contribution is -1.87. The van der Waals surface area contributed by atoms with E-state index < -0.39 is 0 Å². The second kappa shape index (κ2) is 4.39. The zero-order chi connectivity index (χ0) is 10.8. The van der Waals surface area contributed by atoms with Crippen LogP contribution in [0.3, 0.4) is 0 Å². The normalized spacial score (nSPS) is 10.2. The van der Waals surface area contributed by atoms with Gasteiger partial charge < -0.3 is 24.8 Å². The van der Waals surface area contributed by atoms with Gasteiger partial charge in [-0.05, 0) is 24.1 Å². The summed E-state index contributed by atoms with van der Waals surface area (Å²) in [7, 11) is 0. The molecule has 0 aliphatic rings. The summed E-state index contributed by atoms with van der Waals surface area (Å²) in [6.07, 6.45) is 0. The van der Waals surface area contributed by atoms with Crippen LogP contribution < -0.4 is 0 Å². The van der Waals surface area contributed by atoms with Crippen LogP contribution in [0.5, 0.6) is 0 Å². The maximum Gasteiger partial charge on any atom is 0.0351 e. The maximum absolute atomic E-state index is 5.04. The molecule has 0 saturated carbocycles.